The summed E-state index contributed by atoms with van der Waals surface area (Å²) in [6.07, 6.45) is 3.62. The maximum Gasteiger partial charge on any atom is 0.329 e. The van der Waals surface area contributed by atoms with Crippen molar-refractivity contribution in [2.24, 2.45) is 0 Å². The van der Waals surface area contributed by atoms with Gasteiger partial charge in [-0.1, -0.05) is 18.2 Å². The highest BCUT2D eigenvalue weighted by atomic mass is 16.2. The molecule has 2 atom stereocenters. The van der Waals surface area contributed by atoms with E-state index >= 15 is 0 Å². The van der Waals surface area contributed by atoms with Crippen LogP contribution < -0.4 is 11.2 Å². The third-order valence-corrected chi connectivity index (χ3v) is 5.69. The average molecular weight is 382 g/mol. The van der Waals surface area contributed by atoms with Crippen LogP contribution in [0.3, 0.4) is 0 Å². The lowest BCUT2D eigenvalue weighted by molar-refractivity contribution is -0.151. The first-order valence-corrected chi connectivity index (χ1v) is 9.41. The number of H-pyrrole nitrogens is 1. The van der Waals surface area contributed by atoms with E-state index in [0.717, 1.165) is 12.8 Å². The molecule has 1 aromatic carbocycles. The Bertz CT molecular complexity index is 1070. The van der Waals surface area contributed by atoms with Gasteiger partial charge in [0.05, 0.1) is 10.9 Å². The molecule has 8 heteroatoms. The number of nitrogens with one attached hydrogen (secondary N) is 1. The van der Waals surface area contributed by atoms with E-state index in [9.17, 15) is 19.2 Å². The van der Waals surface area contributed by atoms with Gasteiger partial charge in [0.15, 0.2) is 0 Å². The topological polar surface area (TPSA) is 95.5 Å². The molecule has 2 aromatic rings. The Labute approximate surface area is 161 Å². The fraction of sp³-hybridized carbons (Fsp3) is 0.400. The van der Waals surface area contributed by atoms with Gasteiger partial charge in [-0.25, -0.2) is 4.79 Å². The lowest BCUT2D eigenvalue weighted by Crippen LogP contribution is -2.65. The Morgan fingerprint density at radius 2 is 1.71 bits per heavy atom. The molecule has 0 radical (unpaired) electrons. The molecule has 4 heterocycles. The van der Waals surface area contributed by atoms with Gasteiger partial charge in [0.25, 0.3) is 5.56 Å². The number of carbonyl (C=O) groups excluding carboxylic acids is 2. The quantitative estimate of drug-likeness (QED) is 0.778. The Morgan fingerprint density at radius 1 is 1.07 bits per heavy atom. The zero-order chi connectivity index (χ0) is 19.8. The van der Waals surface area contributed by atoms with E-state index in [0.29, 0.717) is 30.4 Å². The van der Waals surface area contributed by atoms with Crippen molar-refractivity contribution in [3.05, 3.63) is 57.8 Å². The van der Waals surface area contributed by atoms with E-state index in [-0.39, 0.29) is 30.4 Å². The summed E-state index contributed by atoms with van der Waals surface area (Å²) >= 11 is 0. The van der Waals surface area contributed by atoms with Gasteiger partial charge in [-0.15, -0.1) is 6.58 Å². The summed E-state index contributed by atoms with van der Waals surface area (Å²) in [6, 6.07) is 6.69. The first-order chi connectivity index (χ1) is 13.5. The van der Waals surface area contributed by atoms with Crippen molar-refractivity contribution in [2.75, 3.05) is 13.1 Å². The molecular weight excluding hydrogens is 360 g/mol. The molecule has 3 fully saturated rings. The van der Waals surface area contributed by atoms with E-state index in [2.05, 4.69) is 11.6 Å². The third kappa shape index (κ3) is 3.04. The second-order valence-corrected chi connectivity index (χ2v) is 7.33. The molecule has 3 saturated heterocycles. The number of aromatic nitrogens is 2. The molecule has 3 aliphatic rings. The summed E-state index contributed by atoms with van der Waals surface area (Å²) < 4.78 is 1.31. The fourth-order valence-corrected chi connectivity index (χ4v) is 4.31. The zero-order valence-electron chi connectivity index (χ0n) is 15.5. The van der Waals surface area contributed by atoms with Gasteiger partial charge in [0.1, 0.15) is 6.54 Å². The maximum absolute atomic E-state index is 13.0. The van der Waals surface area contributed by atoms with Crippen LogP contribution in [0.15, 0.2) is 46.5 Å². The van der Waals surface area contributed by atoms with Crippen LogP contribution in [0, 0.1) is 0 Å². The summed E-state index contributed by atoms with van der Waals surface area (Å²) in [5, 5.41) is 0.372. The minimum atomic E-state index is -0.595. The lowest BCUT2D eigenvalue weighted by atomic mass is 9.90. The molecule has 1 aromatic heterocycles. The van der Waals surface area contributed by atoms with E-state index in [1.165, 1.54) is 4.57 Å². The van der Waals surface area contributed by atoms with Crippen LogP contribution in [0.5, 0.6) is 0 Å². The number of piperazine rings is 1. The van der Waals surface area contributed by atoms with Crippen molar-refractivity contribution in [1.82, 2.24) is 19.4 Å². The number of rotatable bonds is 4. The Hall–Kier alpha value is -3.16. The molecule has 0 saturated carbocycles. The summed E-state index contributed by atoms with van der Waals surface area (Å²) in [5.41, 5.74) is -0.616. The molecule has 3 aliphatic heterocycles. The second kappa shape index (κ2) is 7.10. The van der Waals surface area contributed by atoms with Crippen LogP contribution in [0.25, 0.3) is 10.9 Å². The molecule has 2 bridgehead atoms. The van der Waals surface area contributed by atoms with Crippen molar-refractivity contribution >= 4 is 22.7 Å². The third-order valence-electron chi connectivity index (χ3n) is 5.69. The number of nitrogens with zero attached hydrogens (tertiary/aromatic N) is 3. The highest BCUT2D eigenvalue weighted by molar-refractivity contribution is 5.83. The largest absolute Gasteiger partial charge is 0.336 e. The zero-order valence-corrected chi connectivity index (χ0v) is 15.5. The van der Waals surface area contributed by atoms with E-state index < -0.39 is 11.2 Å². The van der Waals surface area contributed by atoms with E-state index in [1.807, 2.05) is 4.90 Å². The number of aromatic amines is 1. The van der Waals surface area contributed by atoms with Gasteiger partial charge in [0, 0.05) is 31.6 Å². The Balaban J connectivity index is 1.57. The minimum absolute atomic E-state index is 0.00504. The maximum atomic E-state index is 13.0. The molecule has 146 valence electrons. The number of hydrogen-bond donors (Lipinski definition) is 1. The molecule has 5 rings (SSSR count). The summed E-state index contributed by atoms with van der Waals surface area (Å²) in [4.78, 5) is 55.5. The first-order valence-electron chi connectivity index (χ1n) is 9.41. The standard InChI is InChI=1S/C20H22N4O4/c1-2-5-17(25)22-10-14-9-8-13(22)11-23(14)18(26)12-24-16-7-4-3-6-15(16)19(27)21-20(24)28/h2-4,6-7,13-14H,1,5,8-12H2,(H,21,27,28). The SMILES string of the molecule is C=CCC(=O)N1CC2CCC1CN2C(=O)Cn1c(=O)[nH]c(=O)c2ccccc21. The Kier molecular flexibility index (Phi) is 4.62. The van der Waals surface area contributed by atoms with Gasteiger partial charge in [-0.2, -0.15) is 0 Å². The predicted octanol–water partition coefficient (Wildman–Crippen LogP) is 0.468. The fourth-order valence-electron chi connectivity index (χ4n) is 4.31. The molecule has 0 aliphatic carbocycles. The monoisotopic (exact) mass is 382 g/mol. The number of benzene rings is 1. The number of para-hydroxylation sites is 1. The normalized spacial score (nSPS) is 21.1. The van der Waals surface area contributed by atoms with E-state index in [1.54, 1.807) is 35.2 Å². The smallest absolute Gasteiger partial charge is 0.329 e. The minimum Gasteiger partial charge on any atom is -0.336 e. The van der Waals surface area contributed by atoms with Crippen molar-refractivity contribution in [1.29, 1.82) is 0 Å². The predicted molar refractivity (Wildman–Crippen MR) is 104 cm³/mol. The number of fused-ring (bicyclic) bond motifs is 4. The number of amides is 2. The van der Waals surface area contributed by atoms with Crippen molar-refractivity contribution in [3.63, 3.8) is 0 Å². The lowest BCUT2D eigenvalue weighted by Gasteiger charge is -2.51. The van der Waals surface area contributed by atoms with E-state index in [4.69, 9.17) is 0 Å². The number of hydrogen-bond acceptors (Lipinski definition) is 4. The number of carbonyl (C=O) groups is 2. The van der Waals surface area contributed by atoms with Crippen molar-refractivity contribution in [2.45, 2.75) is 37.9 Å². The van der Waals surface area contributed by atoms with Gasteiger partial charge >= 0.3 is 5.69 Å². The summed E-state index contributed by atoms with van der Waals surface area (Å²) in [5.74, 6) is -0.135. The molecule has 2 amide bonds. The van der Waals surface area contributed by atoms with Gasteiger partial charge in [-0.05, 0) is 25.0 Å². The molecule has 0 spiro atoms. The van der Waals surface area contributed by atoms with Crippen molar-refractivity contribution in [3.8, 4) is 0 Å². The molecule has 2 unspecified atom stereocenters. The van der Waals surface area contributed by atoms with Crippen molar-refractivity contribution < 1.29 is 9.59 Å². The van der Waals surface area contributed by atoms with Crippen LogP contribution in [0.1, 0.15) is 19.3 Å². The van der Waals surface area contributed by atoms with Gasteiger partial charge < -0.3 is 9.80 Å². The average Bonchev–Trinajstić information content (AvgIpc) is 2.71. The van der Waals surface area contributed by atoms with Crippen LogP contribution in [0.4, 0.5) is 0 Å². The van der Waals surface area contributed by atoms with Gasteiger partial charge in [-0.3, -0.25) is 23.9 Å². The summed E-state index contributed by atoms with van der Waals surface area (Å²) in [6.45, 7) is 4.47. The van der Waals surface area contributed by atoms with Crippen LogP contribution in [-0.2, 0) is 16.1 Å². The second-order valence-electron chi connectivity index (χ2n) is 7.33. The first kappa shape index (κ1) is 18.2. The number of piperidine rings is 2. The highest BCUT2D eigenvalue weighted by Gasteiger charge is 2.42. The highest BCUT2D eigenvalue weighted by Crippen LogP contribution is 2.29. The van der Waals surface area contributed by atoms with Crippen LogP contribution >= 0.6 is 0 Å². The van der Waals surface area contributed by atoms with Gasteiger partial charge in [0.2, 0.25) is 11.8 Å². The molecular formula is C20H22N4O4. The molecule has 8 nitrogen and oxygen atoms in total. The Morgan fingerprint density at radius 3 is 2.36 bits per heavy atom. The molecule has 28 heavy (non-hydrogen) atoms. The van der Waals surface area contributed by atoms with Crippen LogP contribution in [-0.4, -0.2) is 56.3 Å². The summed E-state index contributed by atoms with van der Waals surface area (Å²) in [7, 11) is 0. The molecule has 1 N–H and O–H groups in total. The van der Waals surface area contributed by atoms with Crippen LogP contribution in [0.2, 0.25) is 0 Å².